The zero-order valence-electron chi connectivity index (χ0n) is 32.8. The minimum Gasteiger partial charge on any atom is -0.339 e. The molecule has 0 aliphatic rings. The van der Waals surface area contributed by atoms with Crippen molar-refractivity contribution in [3.8, 4) is 23.7 Å². The lowest BCUT2D eigenvalue weighted by molar-refractivity contribution is 0.401. The molecule has 2 unspecified atom stereocenters. The van der Waals surface area contributed by atoms with E-state index in [1.165, 1.54) is 92.2 Å². The minimum atomic E-state index is 0.695. The lowest BCUT2D eigenvalue weighted by Crippen LogP contribution is -2.09. The molecule has 9 rings (SSSR count). The molecule has 2 atom stereocenters. The number of rotatable bonds is 12. The molecule has 0 saturated heterocycles. The number of fused-ring (bicyclic) bond motifs is 8. The average molecular weight is 805 g/mol. The fourth-order valence-electron chi connectivity index (χ4n) is 8.63. The van der Waals surface area contributed by atoms with Crippen molar-refractivity contribution < 1.29 is 0 Å². The third-order valence-corrected chi connectivity index (χ3v) is 16.0. The van der Waals surface area contributed by atoms with Crippen LogP contribution in [0.15, 0.2) is 83.6 Å². The molecule has 0 bridgehead atoms. The lowest BCUT2D eigenvalue weighted by atomic mass is 9.92. The minimum absolute atomic E-state index is 0.695. The zero-order valence-corrected chi connectivity index (χ0v) is 36.1. The van der Waals surface area contributed by atoms with Gasteiger partial charge >= 0.3 is 0 Å². The van der Waals surface area contributed by atoms with Crippen molar-refractivity contribution in [1.82, 2.24) is 9.13 Å². The quantitative estimate of drug-likeness (QED) is 0.0860. The monoisotopic (exact) mass is 804 g/mol. The van der Waals surface area contributed by atoms with E-state index in [0.717, 1.165) is 55.5 Å². The Balaban J connectivity index is 1.11. The third kappa shape index (κ3) is 6.80. The number of aromatic nitrogens is 2. The summed E-state index contributed by atoms with van der Waals surface area (Å²) in [5.41, 5.74) is 7.62. The van der Waals surface area contributed by atoms with Crippen molar-refractivity contribution in [3.63, 3.8) is 0 Å². The number of thiophene rings is 4. The van der Waals surface area contributed by atoms with Crippen molar-refractivity contribution in [1.29, 1.82) is 0 Å². The highest BCUT2D eigenvalue weighted by atomic mass is 32.1. The summed E-state index contributed by atoms with van der Waals surface area (Å²) in [7, 11) is 0. The number of hydrogen-bond acceptors (Lipinski definition) is 4. The Morgan fingerprint density at radius 1 is 0.500 bits per heavy atom. The van der Waals surface area contributed by atoms with Crippen LogP contribution in [-0.4, -0.2) is 9.13 Å². The van der Waals surface area contributed by atoms with Gasteiger partial charge in [0.15, 0.2) is 0 Å². The van der Waals surface area contributed by atoms with Crippen molar-refractivity contribution in [3.05, 3.63) is 104 Å². The van der Waals surface area contributed by atoms with Gasteiger partial charge in [0.2, 0.25) is 0 Å². The molecule has 0 aliphatic heterocycles. The van der Waals surface area contributed by atoms with Crippen LogP contribution in [0.3, 0.4) is 0 Å². The van der Waals surface area contributed by atoms with Gasteiger partial charge < -0.3 is 9.13 Å². The van der Waals surface area contributed by atoms with E-state index in [0.29, 0.717) is 11.8 Å². The van der Waals surface area contributed by atoms with Crippen molar-refractivity contribution >= 4 is 108 Å². The molecular formula is C50H48N2S4. The van der Waals surface area contributed by atoms with Crippen LogP contribution in [0.5, 0.6) is 0 Å². The fourth-order valence-corrected chi connectivity index (χ4v) is 12.8. The van der Waals surface area contributed by atoms with E-state index in [1.54, 1.807) is 0 Å². The predicted octanol–water partition coefficient (Wildman–Crippen LogP) is 15.7. The van der Waals surface area contributed by atoms with Crippen LogP contribution in [0.4, 0.5) is 0 Å². The van der Waals surface area contributed by atoms with Gasteiger partial charge in [-0.05, 0) is 81.2 Å². The highest BCUT2D eigenvalue weighted by Crippen LogP contribution is 2.41. The Morgan fingerprint density at radius 2 is 0.911 bits per heavy atom. The number of unbranched alkanes of at least 4 members (excludes halogenated alkanes) is 2. The van der Waals surface area contributed by atoms with Crippen molar-refractivity contribution in [2.24, 2.45) is 11.8 Å². The van der Waals surface area contributed by atoms with Crippen LogP contribution in [0.1, 0.15) is 99.9 Å². The topological polar surface area (TPSA) is 9.86 Å². The Hall–Kier alpha value is -4.30. The first-order chi connectivity index (χ1) is 27.6. The van der Waals surface area contributed by atoms with Crippen LogP contribution in [-0.2, 0) is 13.1 Å². The van der Waals surface area contributed by atoms with Gasteiger partial charge in [0.05, 0.1) is 50.6 Å². The summed E-state index contributed by atoms with van der Waals surface area (Å²) < 4.78 is 10.7. The first kappa shape index (κ1) is 37.3. The van der Waals surface area contributed by atoms with E-state index >= 15 is 0 Å². The molecule has 0 fully saturated rings. The predicted molar refractivity (Wildman–Crippen MR) is 250 cm³/mol. The van der Waals surface area contributed by atoms with Gasteiger partial charge in [-0.3, -0.25) is 0 Å². The average Bonchev–Trinajstić information content (AvgIpc) is 4.08. The second-order valence-corrected chi connectivity index (χ2v) is 19.3. The van der Waals surface area contributed by atoms with Gasteiger partial charge in [0, 0.05) is 24.2 Å². The molecule has 2 nitrogen and oxygen atoms in total. The summed E-state index contributed by atoms with van der Waals surface area (Å²) in [6, 6.07) is 26.8. The molecule has 3 aromatic carbocycles. The molecule has 6 aromatic heterocycles. The van der Waals surface area contributed by atoms with Crippen LogP contribution in [0.2, 0.25) is 0 Å². The van der Waals surface area contributed by atoms with E-state index in [1.807, 2.05) is 45.3 Å². The van der Waals surface area contributed by atoms with Crippen LogP contribution >= 0.6 is 45.3 Å². The van der Waals surface area contributed by atoms with E-state index in [-0.39, 0.29) is 0 Å². The molecule has 282 valence electrons. The third-order valence-electron chi connectivity index (χ3n) is 11.8. The van der Waals surface area contributed by atoms with E-state index in [9.17, 15) is 0 Å². The Morgan fingerprint density at radius 3 is 1.29 bits per heavy atom. The largest absolute Gasteiger partial charge is 0.339 e. The lowest BCUT2D eigenvalue weighted by Gasteiger charge is -2.16. The van der Waals surface area contributed by atoms with Gasteiger partial charge in [-0.25, -0.2) is 0 Å². The van der Waals surface area contributed by atoms with Crippen molar-refractivity contribution in [2.45, 2.75) is 92.2 Å². The molecule has 56 heavy (non-hydrogen) atoms. The second-order valence-electron chi connectivity index (χ2n) is 15.3. The summed E-state index contributed by atoms with van der Waals surface area (Å²) in [4.78, 5) is 2.25. The zero-order chi connectivity index (χ0) is 38.2. The van der Waals surface area contributed by atoms with Gasteiger partial charge in [0.1, 0.15) is 0 Å². The van der Waals surface area contributed by atoms with Gasteiger partial charge in [-0.1, -0.05) is 138 Å². The van der Waals surface area contributed by atoms with Crippen LogP contribution in [0.25, 0.3) is 62.4 Å². The Kier molecular flexibility index (Phi) is 10.8. The smallest absolute Gasteiger partial charge is 0.0800 e. The van der Waals surface area contributed by atoms with Gasteiger partial charge in [-0.2, -0.15) is 0 Å². The molecule has 0 amide bonds. The van der Waals surface area contributed by atoms with Crippen molar-refractivity contribution in [2.75, 3.05) is 0 Å². The molecule has 0 radical (unpaired) electrons. The fraction of sp³-hybridized carbons (Fsp3) is 0.320. The molecular weight excluding hydrogens is 757 g/mol. The normalized spacial score (nSPS) is 12.9. The number of hydrogen-bond donors (Lipinski definition) is 0. The number of benzene rings is 3. The Bertz CT molecular complexity index is 2710. The Labute approximate surface area is 346 Å². The van der Waals surface area contributed by atoms with E-state index in [2.05, 4.69) is 144 Å². The first-order valence-corrected chi connectivity index (χ1v) is 23.9. The van der Waals surface area contributed by atoms with Gasteiger partial charge in [-0.15, -0.1) is 45.3 Å². The van der Waals surface area contributed by atoms with Crippen LogP contribution in [0, 0.1) is 35.5 Å². The maximum Gasteiger partial charge on any atom is 0.0800 e. The highest BCUT2D eigenvalue weighted by Gasteiger charge is 2.20. The molecule has 6 heterocycles. The SMILES string of the molecule is CCCCC(CC)Cn1c2ccsc2c2sc(C#Cc3c4ccccc4c(C#Cc4cc5c(s4)c4sccc4n5CC(CC)CCCC)c4ccccc34)cc21. The van der Waals surface area contributed by atoms with Crippen LogP contribution < -0.4 is 0 Å². The molecule has 0 N–H and O–H groups in total. The summed E-state index contributed by atoms with van der Waals surface area (Å²) in [5.74, 6) is 16.2. The molecule has 6 heteroatoms. The molecule has 0 aliphatic carbocycles. The highest BCUT2D eigenvalue weighted by molar-refractivity contribution is 7.27. The maximum atomic E-state index is 3.71. The maximum absolute atomic E-state index is 3.71. The second kappa shape index (κ2) is 16.3. The molecule has 0 saturated carbocycles. The first-order valence-electron chi connectivity index (χ1n) is 20.6. The summed E-state index contributed by atoms with van der Waals surface area (Å²) in [5, 5.41) is 9.15. The van der Waals surface area contributed by atoms with Gasteiger partial charge in [0.25, 0.3) is 0 Å². The standard InChI is InChI=1S/C50H48N2S4/c1-5-9-15-33(7-3)31-51-43-25-27-53-47(43)49-45(51)29-35(55-49)21-23-41-37-17-11-13-19-39(37)42(40-20-14-12-18-38(40)41)24-22-36-30-46-50(56-36)48-44(26-28-54-48)52(46)32-34(8-4)16-10-6-2/h11-14,17-20,25-30,33-34H,5-10,15-16,31-32H2,1-4H3. The molecule has 0 spiro atoms. The number of nitrogens with zero attached hydrogens (tertiary/aromatic N) is 2. The summed E-state index contributed by atoms with van der Waals surface area (Å²) in [6.45, 7) is 11.4. The summed E-state index contributed by atoms with van der Waals surface area (Å²) in [6.07, 6.45) is 10.1. The van der Waals surface area contributed by atoms with E-state index in [4.69, 9.17) is 0 Å². The molecule has 9 aromatic rings. The summed E-state index contributed by atoms with van der Waals surface area (Å²) >= 11 is 7.43. The van der Waals surface area contributed by atoms with E-state index < -0.39 is 0 Å².